The number of nitrogens with two attached hydrogens (primary N) is 1. The van der Waals surface area contributed by atoms with E-state index in [2.05, 4.69) is 4.37 Å². The monoisotopic (exact) mass is 308 g/mol. The van der Waals surface area contributed by atoms with Crippen molar-refractivity contribution in [3.05, 3.63) is 0 Å². The van der Waals surface area contributed by atoms with Crippen molar-refractivity contribution in [1.82, 2.24) is 8.68 Å². The fraction of sp³-hybridized carbons (Fsp3) is 0.700. The minimum absolute atomic E-state index is 0.0459. The Bertz CT molecular complexity index is 513. The van der Waals surface area contributed by atoms with E-state index in [0.717, 1.165) is 15.8 Å². The average Bonchev–Trinajstić information content (AvgIpc) is 2.72. The molecule has 0 saturated carbocycles. The van der Waals surface area contributed by atoms with E-state index >= 15 is 0 Å². The number of anilines is 2. The summed E-state index contributed by atoms with van der Waals surface area (Å²) in [4.78, 5) is 1.98. The maximum absolute atomic E-state index is 12.3. The zero-order chi connectivity index (χ0) is 14.6. The predicted molar refractivity (Wildman–Crippen MR) is 77.2 cm³/mol. The molecule has 110 valence electrons. The second kappa shape index (κ2) is 6.51. The van der Waals surface area contributed by atoms with Crippen LogP contribution in [-0.4, -0.2) is 58.0 Å². The van der Waals surface area contributed by atoms with Crippen LogP contribution in [0, 0.1) is 0 Å². The van der Waals surface area contributed by atoms with Gasteiger partial charge >= 0.3 is 0 Å². The molecule has 0 aliphatic rings. The molecule has 0 aliphatic carbocycles. The third-order valence-electron chi connectivity index (χ3n) is 2.63. The number of hydrogen-bond donors (Lipinski definition) is 1. The van der Waals surface area contributed by atoms with E-state index in [9.17, 15) is 8.42 Å². The number of sulfonamides is 1. The van der Waals surface area contributed by atoms with Gasteiger partial charge in [0.05, 0.1) is 6.61 Å². The molecule has 2 N–H and O–H groups in total. The molecule has 0 saturated heterocycles. The maximum atomic E-state index is 12.3. The molecule has 0 aliphatic heterocycles. The van der Waals surface area contributed by atoms with Crippen molar-refractivity contribution in [2.45, 2.75) is 11.8 Å². The average molecular weight is 308 g/mol. The van der Waals surface area contributed by atoms with Crippen LogP contribution in [0.5, 0.6) is 0 Å². The fourth-order valence-electron chi connectivity index (χ4n) is 1.52. The minimum atomic E-state index is -3.60. The second-order valence-corrected chi connectivity index (χ2v) is 6.90. The summed E-state index contributed by atoms with van der Waals surface area (Å²) in [5.74, 6) is 0.0459. The van der Waals surface area contributed by atoms with Gasteiger partial charge in [-0.2, -0.15) is 4.37 Å². The molecule has 1 heterocycles. The molecule has 7 nitrogen and oxygen atoms in total. The van der Waals surface area contributed by atoms with Crippen LogP contribution in [0.15, 0.2) is 4.90 Å². The lowest BCUT2D eigenvalue weighted by Crippen LogP contribution is -2.29. The van der Waals surface area contributed by atoms with Crippen LogP contribution < -0.4 is 10.6 Å². The zero-order valence-electron chi connectivity index (χ0n) is 11.6. The van der Waals surface area contributed by atoms with Crippen LogP contribution in [-0.2, 0) is 14.8 Å². The van der Waals surface area contributed by atoms with Gasteiger partial charge in [0.25, 0.3) is 0 Å². The van der Waals surface area contributed by atoms with Gasteiger partial charge in [-0.05, 0) is 18.5 Å². The molecule has 0 bridgehead atoms. The highest BCUT2D eigenvalue weighted by Crippen LogP contribution is 2.35. The summed E-state index contributed by atoms with van der Waals surface area (Å²) in [7, 11) is 0.950. The van der Waals surface area contributed by atoms with Gasteiger partial charge in [0.2, 0.25) is 10.0 Å². The lowest BCUT2D eigenvalue weighted by molar-refractivity contribution is 0.205. The normalized spacial score (nSPS) is 12.1. The lowest BCUT2D eigenvalue weighted by Gasteiger charge is -2.22. The van der Waals surface area contributed by atoms with Gasteiger partial charge in [0.15, 0.2) is 10.7 Å². The number of hydrogen-bond acceptors (Lipinski definition) is 7. The Balaban J connectivity index is 3.23. The summed E-state index contributed by atoms with van der Waals surface area (Å²) >= 11 is 1.09. The molecule has 19 heavy (non-hydrogen) atoms. The molecule has 0 unspecified atom stereocenters. The molecule has 0 aromatic carbocycles. The Kier molecular flexibility index (Phi) is 5.53. The molecule has 1 aromatic heterocycles. The summed E-state index contributed by atoms with van der Waals surface area (Å²) in [5.41, 5.74) is 5.72. The van der Waals surface area contributed by atoms with Crippen molar-refractivity contribution < 1.29 is 13.2 Å². The summed E-state index contributed by atoms with van der Waals surface area (Å²) in [6.07, 6.45) is 0. The SMILES string of the molecule is CCN(CCOC)c1snc(N)c1S(=O)(=O)N(C)C. The van der Waals surface area contributed by atoms with Gasteiger partial charge < -0.3 is 15.4 Å². The third kappa shape index (κ3) is 3.35. The molecule has 1 rings (SSSR count). The molecular weight excluding hydrogens is 288 g/mol. The number of rotatable bonds is 7. The number of methoxy groups -OCH3 is 1. The number of likely N-dealkylation sites (N-methyl/N-ethyl adjacent to an activating group) is 1. The first-order valence-electron chi connectivity index (χ1n) is 5.77. The smallest absolute Gasteiger partial charge is 0.249 e. The highest BCUT2D eigenvalue weighted by atomic mass is 32.2. The quantitative estimate of drug-likeness (QED) is 0.786. The maximum Gasteiger partial charge on any atom is 0.249 e. The highest BCUT2D eigenvalue weighted by Gasteiger charge is 2.29. The number of nitrogens with zero attached hydrogens (tertiary/aromatic N) is 3. The third-order valence-corrected chi connectivity index (χ3v) is 5.56. The van der Waals surface area contributed by atoms with Crippen molar-refractivity contribution >= 4 is 32.4 Å². The van der Waals surface area contributed by atoms with Gasteiger partial charge in [0, 0.05) is 34.3 Å². The van der Waals surface area contributed by atoms with E-state index in [1.807, 2.05) is 11.8 Å². The zero-order valence-corrected chi connectivity index (χ0v) is 13.2. The fourth-order valence-corrected chi connectivity index (χ4v) is 3.83. The summed E-state index contributed by atoms with van der Waals surface area (Å²) in [5, 5.41) is 0.561. The lowest BCUT2D eigenvalue weighted by atomic mass is 10.5. The van der Waals surface area contributed by atoms with E-state index < -0.39 is 10.0 Å². The van der Waals surface area contributed by atoms with Crippen LogP contribution in [0.4, 0.5) is 10.8 Å². The van der Waals surface area contributed by atoms with Gasteiger partial charge in [-0.25, -0.2) is 12.7 Å². The Morgan fingerprint density at radius 2 is 2.05 bits per heavy atom. The van der Waals surface area contributed by atoms with Crippen molar-refractivity contribution in [2.24, 2.45) is 0 Å². The Labute approximate surface area is 118 Å². The molecule has 0 amide bonds. The van der Waals surface area contributed by atoms with Crippen molar-refractivity contribution in [3.8, 4) is 0 Å². The Morgan fingerprint density at radius 1 is 1.42 bits per heavy atom. The molecule has 1 aromatic rings. The van der Waals surface area contributed by atoms with Gasteiger partial charge in [-0.3, -0.25) is 0 Å². The van der Waals surface area contributed by atoms with E-state index in [0.29, 0.717) is 24.7 Å². The molecule has 0 atom stereocenters. The summed E-state index contributed by atoms with van der Waals surface area (Å²) in [6.45, 7) is 3.69. The first kappa shape index (κ1) is 16.2. The van der Waals surface area contributed by atoms with Crippen LogP contribution in [0.3, 0.4) is 0 Å². The number of aromatic nitrogens is 1. The van der Waals surface area contributed by atoms with Crippen LogP contribution >= 0.6 is 11.5 Å². The van der Waals surface area contributed by atoms with Crippen LogP contribution in [0.2, 0.25) is 0 Å². The minimum Gasteiger partial charge on any atom is -0.383 e. The molecule has 9 heteroatoms. The standard InChI is InChI=1S/C10H20N4O3S2/c1-5-14(6-7-17-4)10-8(9(11)12-18-10)19(15,16)13(2)3/h5-7H2,1-4H3,(H2,11,12). The van der Waals surface area contributed by atoms with E-state index in [1.165, 1.54) is 14.1 Å². The first-order valence-corrected chi connectivity index (χ1v) is 7.99. The van der Waals surface area contributed by atoms with Crippen molar-refractivity contribution in [1.29, 1.82) is 0 Å². The van der Waals surface area contributed by atoms with Gasteiger partial charge in [-0.1, -0.05) is 0 Å². The molecule has 0 radical (unpaired) electrons. The van der Waals surface area contributed by atoms with Crippen LogP contribution in [0.25, 0.3) is 0 Å². The summed E-state index contributed by atoms with van der Waals surface area (Å²) in [6, 6.07) is 0. The van der Waals surface area contributed by atoms with Gasteiger partial charge in [-0.15, -0.1) is 0 Å². The molecule has 0 fully saturated rings. The number of nitrogen functional groups attached to an aromatic ring is 1. The second-order valence-electron chi connectivity index (χ2n) is 4.06. The van der Waals surface area contributed by atoms with Crippen LogP contribution in [0.1, 0.15) is 6.92 Å². The van der Waals surface area contributed by atoms with E-state index in [4.69, 9.17) is 10.5 Å². The Hall–Kier alpha value is -0.900. The Morgan fingerprint density at radius 3 is 2.53 bits per heavy atom. The number of ether oxygens (including phenoxy) is 1. The van der Waals surface area contributed by atoms with Crippen molar-refractivity contribution in [2.75, 3.05) is 51.5 Å². The molecule has 0 spiro atoms. The van der Waals surface area contributed by atoms with Gasteiger partial charge in [0.1, 0.15) is 5.00 Å². The van der Waals surface area contributed by atoms with Crippen molar-refractivity contribution in [3.63, 3.8) is 0 Å². The topological polar surface area (TPSA) is 88.8 Å². The summed E-state index contributed by atoms with van der Waals surface area (Å²) < 4.78 is 34.7. The highest BCUT2D eigenvalue weighted by molar-refractivity contribution is 7.89. The van der Waals surface area contributed by atoms with E-state index in [-0.39, 0.29) is 10.7 Å². The predicted octanol–water partition coefficient (Wildman–Crippen LogP) is 0.448. The largest absolute Gasteiger partial charge is 0.383 e. The molecular formula is C10H20N4O3S2. The first-order chi connectivity index (χ1) is 8.86. The van der Waals surface area contributed by atoms with E-state index in [1.54, 1.807) is 7.11 Å².